The molecule has 6 nitrogen and oxygen atoms in total. The summed E-state index contributed by atoms with van der Waals surface area (Å²) in [4.78, 5) is 23.6. The van der Waals surface area contributed by atoms with Gasteiger partial charge in [-0.05, 0) is 44.2 Å². The molecule has 0 radical (unpaired) electrons. The van der Waals surface area contributed by atoms with Gasteiger partial charge in [0.1, 0.15) is 17.1 Å². The van der Waals surface area contributed by atoms with Gasteiger partial charge in [0.2, 0.25) is 5.91 Å². The molecule has 1 aliphatic rings. The normalized spacial score (nSPS) is 15.3. The summed E-state index contributed by atoms with van der Waals surface area (Å²) >= 11 is 0. The molecule has 1 aromatic carbocycles. The molecule has 1 amide bonds. The second-order valence-electron chi connectivity index (χ2n) is 5.90. The smallest absolute Gasteiger partial charge is 0.258 e. The fourth-order valence-electron chi connectivity index (χ4n) is 2.56. The molecule has 3 rings (SSSR count). The van der Waals surface area contributed by atoms with Gasteiger partial charge in [-0.2, -0.15) is 0 Å². The number of rotatable bonds is 2. The summed E-state index contributed by atoms with van der Waals surface area (Å²) in [6, 6.07) is 7.39. The van der Waals surface area contributed by atoms with Crippen molar-refractivity contribution in [3.8, 4) is 11.5 Å². The summed E-state index contributed by atoms with van der Waals surface area (Å²) in [5.41, 5.74) is 5.81. The van der Waals surface area contributed by atoms with Crippen molar-refractivity contribution in [3.05, 3.63) is 64.1 Å². The van der Waals surface area contributed by atoms with Crippen LogP contribution in [0.25, 0.3) is 5.70 Å². The standard InChI is InChI=1S/C17H16N2O4/c1-17(2)9-13(19-6-5-11(20)8-15(19)21)12-7-10(16(18)22)3-4-14(12)23-17/h3-9,20H,1-2H3,(H2,18,22). The lowest BCUT2D eigenvalue weighted by molar-refractivity contribution is 0.1000. The first-order chi connectivity index (χ1) is 10.8. The number of pyridine rings is 1. The lowest BCUT2D eigenvalue weighted by Crippen LogP contribution is -2.32. The van der Waals surface area contributed by atoms with E-state index in [4.69, 9.17) is 10.5 Å². The zero-order chi connectivity index (χ0) is 16.8. The number of amides is 1. The minimum absolute atomic E-state index is 0.107. The van der Waals surface area contributed by atoms with Gasteiger partial charge in [-0.3, -0.25) is 14.2 Å². The van der Waals surface area contributed by atoms with E-state index >= 15 is 0 Å². The van der Waals surface area contributed by atoms with E-state index in [9.17, 15) is 14.7 Å². The highest BCUT2D eigenvalue weighted by molar-refractivity contribution is 5.94. The largest absolute Gasteiger partial charge is 0.508 e. The monoisotopic (exact) mass is 312 g/mol. The summed E-state index contributed by atoms with van der Waals surface area (Å²) in [6.45, 7) is 3.73. The van der Waals surface area contributed by atoms with Crippen LogP contribution in [0.3, 0.4) is 0 Å². The van der Waals surface area contributed by atoms with Gasteiger partial charge in [-0.1, -0.05) is 0 Å². The van der Waals surface area contributed by atoms with Gasteiger partial charge in [-0.25, -0.2) is 0 Å². The van der Waals surface area contributed by atoms with Crippen LogP contribution in [0.15, 0.2) is 47.4 Å². The summed E-state index contributed by atoms with van der Waals surface area (Å²) in [5.74, 6) is -0.114. The maximum atomic E-state index is 12.2. The Balaban J connectivity index is 2.26. The molecule has 6 heteroatoms. The molecule has 0 bridgehead atoms. The maximum absolute atomic E-state index is 12.2. The van der Waals surface area contributed by atoms with Crippen molar-refractivity contribution in [2.75, 3.05) is 0 Å². The number of hydrogen-bond acceptors (Lipinski definition) is 4. The first kappa shape index (κ1) is 14.9. The third-order valence-corrected chi connectivity index (χ3v) is 3.56. The van der Waals surface area contributed by atoms with Gasteiger partial charge >= 0.3 is 0 Å². The number of nitrogens with zero attached hydrogens (tertiary/aromatic N) is 1. The van der Waals surface area contributed by atoms with Crippen LogP contribution in [-0.2, 0) is 0 Å². The van der Waals surface area contributed by atoms with E-state index in [-0.39, 0.29) is 11.3 Å². The van der Waals surface area contributed by atoms with Crippen LogP contribution in [0.5, 0.6) is 11.5 Å². The van der Waals surface area contributed by atoms with Crippen molar-refractivity contribution in [3.63, 3.8) is 0 Å². The number of aromatic hydroxyl groups is 1. The first-order valence-corrected chi connectivity index (χ1v) is 7.05. The molecule has 0 spiro atoms. The van der Waals surface area contributed by atoms with Crippen LogP contribution < -0.4 is 16.0 Å². The third kappa shape index (κ3) is 2.70. The maximum Gasteiger partial charge on any atom is 0.258 e. The molecule has 1 aromatic heterocycles. The Labute approximate surface area is 132 Å². The number of fused-ring (bicyclic) bond motifs is 1. The fraction of sp³-hybridized carbons (Fsp3) is 0.176. The van der Waals surface area contributed by atoms with Crippen molar-refractivity contribution in [2.24, 2.45) is 5.73 Å². The Morgan fingerprint density at radius 3 is 2.65 bits per heavy atom. The molecule has 2 aromatic rings. The summed E-state index contributed by atoms with van der Waals surface area (Å²) in [5, 5.41) is 9.43. The molecule has 2 heterocycles. The highest BCUT2D eigenvalue weighted by Crippen LogP contribution is 2.36. The number of carbonyl (C=O) groups is 1. The van der Waals surface area contributed by atoms with E-state index in [0.29, 0.717) is 22.6 Å². The van der Waals surface area contributed by atoms with E-state index in [1.807, 2.05) is 13.8 Å². The number of aromatic nitrogens is 1. The summed E-state index contributed by atoms with van der Waals surface area (Å²) < 4.78 is 7.27. The molecular weight excluding hydrogens is 296 g/mol. The van der Waals surface area contributed by atoms with Gasteiger partial charge in [0.15, 0.2) is 0 Å². The lowest BCUT2D eigenvalue weighted by Gasteiger charge is -2.31. The zero-order valence-electron chi connectivity index (χ0n) is 12.7. The summed E-state index contributed by atoms with van der Waals surface area (Å²) in [6.07, 6.45) is 3.27. The van der Waals surface area contributed by atoms with Crippen LogP contribution in [0.1, 0.15) is 29.8 Å². The predicted molar refractivity (Wildman–Crippen MR) is 85.4 cm³/mol. The van der Waals surface area contributed by atoms with Crippen LogP contribution in [-0.4, -0.2) is 21.2 Å². The van der Waals surface area contributed by atoms with Gasteiger partial charge in [0, 0.05) is 23.4 Å². The Morgan fingerprint density at radius 1 is 1.26 bits per heavy atom. The van der Waals surface area contributed by atoms with Gasteiger partial charge in [0.05, 0.1) is 5.70 Å². The van der Waals surface area contributed by atoms with Crippen LogP contribution >= 0.6 is 0 Å². The quantitative estimate of drug-likeness (QED) is 0.882. The number of primary amides is 1. The van der Waals surface area contributed by atoms with Crippen molar-refractivity contribution < 1.29 is 14.6 Å². The van der Waals surface area contributed by atoms with Crippen molar-refractivity contribution in [2.45, 2.75) is 19.4 Å². The van der Waals surface area contributed by atoms with Crippen molar-refractivity contribution in [1.29, 1.82) is 0 Å². The minimum atomic E-state index is -0.631. The van der Waals surface area contributed by atoms with Gasteiger partial charge in [-0.15, -0.1) is 0 Å². The molecule has 118 valence electrons. The second-order valence-corrected chi connectivity index (χ2v) is 5.90. The number of benzene rings is 1. The SMILES string of the molecule is CC1(C)C=C(n2ccc(O)cc2=O)c2cc(C(N)=O)ccc2O1. The van der Waals surface area contributed by atoms with Crippen LogP contribution in [0.4, 0.5) is 0 Å². The molecule has 1 aliphatic heterocycles. The number of ether oxygens (including phenoxy) is 1. The van der Waals surface area contributed by atoms with E-state index < -0.39 is 11.5 Å². The molecule has 3 N–H and O–H groups in total. The van der Waals surface area contributed by atoms with E-state index in [1.54, 1.807) is 24.3 Å². The average Bonchev–Trinajstić information content (AvgIpc) is 2.45. The van der Waals surface area contributed by atoms with Crippen LogP contribution in [0.2, 0.25) is 0 Å². The van der Waals surface area contributed by atoms with Crippen LogP contribution in [0, 0.1) is 0 Å². The summed E-state index contributed by atoms with van der Waals surface area (Å²) in [7, 11) is 0. The lowest BCUT2D eigenvalue weighted by atomic mass is 9.97. The molecule has 23 heavy (non-hydrogen) atoms. The van der Waals surface area contributed by atoms with E-state index in [2.05, 4.69) is 0 Å². The number of hydrogen-bond donors (Lipinski definition) is 2. The molecule has 0 saturated carbocycles. The van der Waals surface area contributed by atoms with Gasteiger partial charge in [0.25, 0.3) is 5.56 Å². The van der Waals surface area contributed by atoms with Gasteiger partial charge < -0.3 is 15.6 Å². The molecule has 0 atom stereocenters. The Hall–Kier alpha value is -3.02. The minimum Gasteiger partial charge on any atom is -0.508 e. The Bertz CT molecular complexity index is 894. The Morgan fingerprint density at radius 2 is 2.00 bits per heavy atom. The first-order valence-electron chi connectivity index (χ1n) is 7.05. The molecule has 0 aliphatic carbocycles. The number of nitrogens with two attached hydrogens (primary N) is 1. The fourth-order valence-corrected chi connectivity index (χ4v) is 2.56. The predicted octanol–water partition coefficient (Wildman–Crippen LogP) is 1.71. The van der Waals surface area contributed by atoms with E-state index in [1.165, 1.54) is 16.8 Å². The molecule has 0 unspecified atom stereocenters. The van der Waals surface area contributed by atoms with Crippen molar-refractivity contribution >= 4 is 11.6 Å². The number of carbonyl (C=O) groups excluding carboxylic acids is 1. The van der Waals surface area contributed by atoms with Crippen molar-refractivity contribution in [1.82, 2.24) is 4.57 Å². The third-order valence-electron chi connectivity index (χ3n) is 3.56. The molecule has 0 fully saturated rings. The van der Waals surface area contributed by atoms with E-state index in [0.717, 1.165) is 6.07 Å². The average molecular weight is 312 g/mol. The second kappa shape index (κ2) is 5.01. The highest BCUT2D eigenvalue weighted by atomic mass is 16.5. The molecule has 0 saturated heterocycles. The highest BCUT2D eigenvalue weighted by Gasteiger charge is 2.28. The Kier molecular flexibility index (Phi) is 3.25. The molecular formula is C17H16N2O4. The topological polar surface area (TPSA) is 94.5 Å². The zero-order valence-corrected chi connectivity index (χ0v) is 12.7.